The lowest BCUT2D eigenvalue weighted by Crippen LogP contribution is -2.22. The van der Waals surface area contributed by atoms with Crippen LogP contribution in [0.15, 0.2) is 71.6 Å². The molecule has 0 aromatic heterocycles. The van der Waals surface area contributed by atoms with Crippen molar-refractivity contribution in [1.29, 1.82) is 0 Å². The maximum Gasteiger partial charge on any atom is 0.255 e. The van der Waals surface area contributed by atoms with E-state index in [0.717, 1.165) is 4.90 Å². The fraction of sp³-hybridized carbons (Fsp3) is 0.130. The van der Waals surface area contributed by atoms with Gasteiger partial charge in [0.15, 0.2) is 0 Å². The van der Waals surface area contributed by atoms with Gasteiger partial charge in [0.25, 0.3) is 5.91 Å². The number of nitrogens with one attached hydrogen (secondary N) is 2. The van der Waals surface area contributed by atoms with Crippen LogP contribution in [0.3, 0.4) is 0 Å². The zero-order chi connectivity index (χ0) is 22.4. The monoisotopic (exact) mass is 458 g/mol. The van der Waals surface area contributed by atoms with Crippen LogP contribution in [-0.4, -0.2) is 24.2 Å². The zero-order valence-corrected chi connectivity index (χ0v) is 18.4. The van der Waals surface area contributed by atoms with E-state index in [4.69, 9.17) is 16.3 Å². The number of rotatable bonds is 7. The molecule has 0 saturated heterocycles. The molecule has 8 heteroatoms. The van der Waals surface area contributed by atoms with E-state index in [0.29, 0.717) is 27.7 Å². The third-order valence-electron chi connectivity index (χ3n) is 4.30. The Morgan fingerprint density at radius 3 is 2.39 bits per heavy atom. The molecule has 3 aromatic rings. The second-order valence-electron chi connectivity index (χ2n) is 6.59. The molecular formula is C23H20ClFN2O3S. The first kappa shape index (κ1) is 22.7. The number of thioether (sulfide) groups is 1. The van der Waals surface area contributed by atoms with Gasteiger partial charge in [0.05, 0.1) is 17.4 Å². The lowest BCUT2D eigenvalue weighted by Gasteiger charge is -2.14. The second kappa shape index (κ2) is 10.3. The molecule has 0 bridgehead atoms. The van der Waals surface area contributed by atoms with E-state index in [9.17, 15) is 14.0 Å². The largest absolute Gasteiger partial charge is 0.495 e. The molecular weight excluding hydrogens is 439 g/mol. The summed E-state index contributed by atoms with van der Waals surface area (Å²) in [6, 6.07) is 17.5. The quantitative estimate of drug-likeness (QED) is 0.435. The minimum absolute atomic E-state index is 0.188. The number of benzene rings is 3. The molecule has 0 aliphatic carbocycles. The van der Waals surface area contributed by atoms with Crippen molar-refractivity contribution in [3.05, 3.63) is 83.1 Å². The Balaban J connectivity index is 1.61. The summed E-state index contributed by atoms with van der Waals surface area (Å²) in [7, 11) is 1.52. The van der Waals surface area contributed by atoms with Crippen LogP contribution in [0.5, 0.6) is 5.75 Å². The lowest BCUT2D eigenvalue weighted by atomic mass is 10.2. The van der Waals surface area contributed by atoms with Gasteiger partial charge in [0.2, 0.25) is 5.91 Å². The molecule has 31 heavy (non-hydrogen) atoms. The van der Waals surface area contributed by atoms with Gasteiger partial charge in [0.1, 0.15) is 11.6 Å². The van der Waals surface area contributed by atoms with Gasteiger partial charge in [-0.05, 0) is 67.6 Å². The van der Waals surface area contributed by atoms with Gasteiger partial charge < -0.3 is 15.4 Å². The third-order valence-corrected chi connectivity index (χ3v) is 5.69. The third kappa shape index (κ3) is 6.23. The van der Waals surface area contributed by atoms with Gasteiger partial charge in [-0.1, -0.05) is 17.7 Å². The Morgan fingerprint density at radius 1 is 1.00 bits per heavy atom. The molecule has 1 atom stereocenters. The van der Waals surface area contributed by atoms with Gasteiger partial charge in [-0.15, -0.1) is 11.8 Å². The molecule has 0 fully saturated rings. The van der Waals surface area contributed by atoms with Crippen molar-refractivity contribution in [2.75, 3.05) is 17.7 Å². The van der Waals surface area contributed by atoms with E-state index in [-0.39, 0.29) is 11.8 Å². The number of ether oxygens (including phenoxy) is 1. The topological polar surface area (TPSA) is 67.4 Å². The van der Waals surface area contributed by atoms with Gasteiger partial charge >= 0.3 is 0 Å². The lowest BCUT2D eigenvalue weighted by molar-refractivity contribution is -0.115. The molecule has 0 radical (unpaired) electrons. The van der Waals surface area contributed by atoms with Crippen LogP contribution in [0, 0.1) is 5.82 Å². The highest BCUT2D eigenvalue weighted by molar-refractivity contribution is 8.00. The van der Waals surface area contributed by atoms with Gasteiger partial charge in [-0.3, -0.25) is 9.59 Å². The molecule has 160 valence electrons. The average Bonchev–Trinajstić information content (AvgIpc) is 2.74. The number of anilines is 2. The minimum atomic E-state index is -0.404. The molecule has 3 aromatic carbocycles. The Hall–Kier alpha value is -3.03. The number of carbonyl (C=O) groups excluding carboxylic acids is 2. The predicted octanol–water partition coefficient (Wildman–Crippen LogP) is 5.86. The molecule has 0 spiro atoms. The standard InChI is InChI=1S/C23H20ClFN2O3S/c1-14(22(28)26-18-10-11-21(30-2)20(24)13-18)31-19-5-3-4-17(12-19)27-23(29)15-6-8-16(25)9-7-15/h3-14H,1-2H3,(H,26,28)(H,27,29). The Labute approximate surface area is 188 Å². The number of hydrogen-bond donors (Lipinski definition) is 2. The van der Waals surface area contributed by atoms with Crippen LogP contribution in [-0.2, 0) is 4.79 Å². The van der Waals surface area contributed by atoms with Crippen molar-refractivity contribution in [3.63, 3.8) is 0 Å². The first-order valence-corrected chi connectivity index (χ1v) is 10.6. The average molecular weight is 459 g/mol. The molecule has 3 rings (SSSR count). The first-order valence-electron chi connectivity index (χ1n) is 9.34. The van der Waals surface area contributed by atoms with Crippen LogP contribution in [0.1, 0.15) is 17.3 Å². The summed E-state index contributed by atoms with van der Waals surface area (Å²) in [5.74, 6) is -0.406. The Morgan fingerprint density at radius 2 is 1.71 bits per heavy atom. The van der Waals surface area contributed by atoms with Crippen LogP contribution in [0.2, 0.25) is 5.02 Å². The van der Waals surface area contributed by atoms with Crippen molar-refractivity contribution >= 4 is 46.6 Å². The SMILES string of the molecule is COc1ccc(NC(=O)C(C)Sc2cccc(NC(=O)c3ccc(F)cc3)c2)cc1Cl. The molecule has 0 saturated carbocycles. The number of hydrogen-bond acceptors (Lipinski definition) is 4. The summed E-state index contributed by atoms with van der Waals surface area (Å²) in [5.41, 5.74) is 1.50. The van der Waals surface area contributed by atoms with Crippen LogP contribution < -0.4 is 15.4 Å². The van der Waals surface area contributed by atoms with E-state index in [2.05, 4.69) is 10.6 Å². The summed E-state index contributed by atoms with van der Waals surface area (Å²) >= 11 is 7.45. The Kier molecular flexibility index (Phi) is 7.55. The number of amides is 2. The fourth-order valence-corrected chi connectivity index (χ4v) is 3.88. The van der Waals surface area contributed by atoms with Crippen LogP contribution in [0.4, 0.5) is 15.8 Å². The molecule has 0 aliphatic rings. The van der Waals surface area contributed by atoms with Crippen molar-refractivity contribution in [3.8, 4) is 5.75 Å². The summed E-state index contributed by atoms with van der Waals surface area (Å²) in [6.45, 7) is 1.79. The highest BCUT2D eigenvalue weighted by atomic mass is 35.5. The normalized spacial score (nSPS) is 11.5. The molecule has 2 amide bonds. The molecule has 0 heterocycles. The maximum atomic E-state index is 13.0. The Bertz CT molecular complexity index is 1090. The minimum Gasteiger partial charge on any atom is -0.495 e. The molecule has 2 N–H and O–H groups in total. The predicted molar refractivity (Wildman–Crippen MR) is 123 cm³/mol. The maximum absolute atomic E-state index is 13.0. The molecule has 1 unspecified atom stereocenters. The van der Waals surface area contributed by atoms with E-state index >= 15 is 0 Å². The van der Waals surface area contributed by atoms with Crippen molar-refractivity contribution in [2.24, 2.45) is 0 Å². The van der Waals surface area contributed by atoms with E-state index in [1.807, 2.05) is 6.07 Å². The fourth-order valence-electron chi connectivity index (χ4n) is 2.70. The van der Waals surface area contributed by atoms with Crippen molar-refractivity contribution in [2.45, 2.75) is 17.1 Å². The van der Waals surface area contributed by atoms with E-state index in [1.54, 1.807) is 43.3 Å². The zero-order valence-electron chi connectivity index (χ0n) is 16.8. The van der Waals surface area contributed by atoms with Gasteiger partial charge in [0, 0.05) is 21.8 Å². The summed E-state index contributed by atoms with van der Waals surface area (Å²) in [6.07, 6.45) is 0. The van der Waals surface area contributed by atoms with Crippen LogP contribution in [0.25, 0.3) is 0 Å². The first-order chi connectivity index (χ1) is 14.9. The number of methoxy groups -OCH3 is 1. The summed E-state index contributed by atoms with van der Waals surface area (Å²) in [4.78, 5) is 25.7. The van der Waals surface area contributed by atoms with E-state index in [1.165, 1.54) is 43.1 Å². The highest BCUT2D eigenvalue weighted by Crippen LogP contribution is 2.29. The summed E-state index contributed by atoms with van der Waals surface area (Å²) in [5, 5.41) is 5.61. The van der Waals surface area contributed by atoms with E-state index < -0.39 is 11.1 Å². The number of carbonyl (C=O) groups is 2. The van der Waals surface area contributed by atoms with Crippen molar-refractivity contribution < 1.29 is 18.7 Å². The molecule has 5 nitrogen and oxygen atoms in total. The summed E-state index contributed by atoms with van der Waals surface area (Å²) < 4.78 is 18.1. The molecule has 0 aliphatic heterocycles. The van der Waals surface area contributed by atoms with Crippen LogP contribution >= 0.6 is 23.4 Å². The number of halogens is 2. The smallest absolute Gasteiger partial charge is 0.255 e. The van der Waals surface area contributed by atoms with Gasteiger partial charge in [-0.2, -0.15) is 0 Å². The van der Waals surface area contributed by atoms with Gasteiger partial charge in [-0.25, -0.2) is 4.39 Å². The van der Waals surface area contributed by atoms with Crippen molar-refractivity contribution in [1.82, 2.24) is 0 Å². The second-order valence-corrected chi connectivity index (χ2v) is 8.41. The highest BCUT2D eigenvalue weighted by Gasteiger charge is 2.16.